The van der Waals surface area contributed by atoms with E-state index in [9.17, 15) is 9.50 Å². The maximum Gasteiger partial charge on any atom is 0.179 e. The van der Waals surface area contributed by atoms with Crippen molar-refractivity contribution in [1.29, 1.82) is 0 Å². The van der Waals surface area contributed by atoms with Crippen molar-refractivity contribution >= 4 is 27.1 Å². The van der Waals surface area contributed by atoms with E-state index < -0.39 is 6.10 Å². The molecule has 16 heavy (non-hydrogen) atoms. The molecule has 0 amide bonds. The van der Waals surface area contributed by atoms with Gasteiger partial charge in [0.2, 0.25) is 0 Å². The van der Waals surface area contributed by atoms with Crippen molar-refractivity contribution in [3.8, 4) is 0 Å². The highest BCUT2D eigenvalue weighted by Gasteiger charge is 2.14. The minimum atomic E-state index is -0.741. The lowest BCUT2D eigenvalue weighted by Gasteiger charge is -2.06. The molecule has 3 aromatic heterocycles. The summed E-state index contributed by atoms with van der Waals surface area (Å²) in [6, 6.07) is 3.28. The molecule has 0 bridgehead atoms. The molecular weight excluding hydrogens is 229 g/mol. The summed E-state index contributed by atoms with van der Waals surface area (Å²) < 4.78 is 15.7. The average Bonchev–Trinajstić information content (AvgIpc) is 2.72. The van der Waals surface area contributed by atoms with Crippen molar-refractivity contribution in [2.24, 2.45) is 0 Å². The van der Waals surface area contributed by atoms with Crippen molar-refractivity contribution < 1.29 is 9.50 Å². The number of halogens is 1. The van der Waals surface area contributed by atoms with Crippen molar-refractivity contribution in [2.45, 2.75) is 13.0 Å². The molecule has 82 valence electrons. The Hall–Kier alpha value is -1.53. The van der Waals surface area contributed by atoms with Crippen molar-refractivity contribution in [3.63, 3.8) is 0 Å². The third-order valence-electron chi connectivity index (χ3n) is 2.44. The molecule has 0 fully saturated rings. The highest BCUT2D eigenvalue weighted by atomic mass is 32.1. The van der Waals surface area contributed by atoms with Crippen LogP contribution in [0.25, 0.3) is 15.7 Å². The summed E-state index contributed by atoms with van der Waals surface area (Å²) in [5.41, 5.74) is 1.54. The van der Waals surface area contributed by atoms with Gasteiger partial charge in [0.1, 0.15) is 6.10 Å². The molecule has 6 heteroatoms. The third-order valence-corrected chi connectivity index (χ3v) is 3.30. The Bertz CT molecular complexity index is 673. The lowest BCUT2D eigenvalue weighted by molar-refractivity contribution is 0.186. The first-order valence-electron chi connectivity index (χ1n) is 4.77. The van der Waals surface area contributed by atoms with E-state index in [0.29, 0.717) is 5.82 Å². The van der Waals surface area contributed by atoms with Crippen LogP contribution in [-0.4, -0.2) is 19.7 Å². The van der Waals surface area contributed by atoms with Gasteiger partial charge in [-0.15, -0.1) is 16.4 Å². The normalized spacial score (nSPS) is 13.7. The second-order valence-corrected chi connectivity index (χ2v) is 4.62. The zero-order valence-corrected chi connectivity index (χ0v) is 9.20. The SMILES string of the molecule is CC(O)c1nncc2cc3sc(F)cc3n12. The highest BCUT2D eigenvalue weighted by Crippen LogP contribution is 2.29. The molecule has 0 aromatic carbocycles. The number of aliphatic hydroxyl groups excluding tert-OH is 1. The van der Waals surface area contributed by atoms with Gasteiger partial charge in [0.05, 0.1) is 21.9 Å². The summed E-state index contributed by atoms with van der Waals surface area (Å²) in [6.45, 7) is 1.61. The van der Waals surface area contributed by atoms with Crippen molar-refractivity contribution in [2.75, 3.05) is 0 Å². The predicted octanol–water partition coefficient (Wildman–Crippen LogP) is 2.14. The van der Waals surface area contributed by atoms with Gasteiger partial charge in [-0.25, -0.2) is 0 Å². The smallest absolute Gasteiger partial charge is 0.179 e. The standard InChI is InChI=1S/C10H8FN3OS/c1-5(15)10-13-12-4-6-2-8-7(14(6)10)3-9(11)16-8/h2-5,15H,1H3. The van der Waals surface area contributed by atoms with Gasteiger partial charge in [-0.05, 0) is 13.0 Å². The van der Waals surface area contributed by atoms with Crippen LogP contribution in [-0.2, 0) is 0 Å². The third kappa shape index (κ3) is 1.23. The largest absolute Gasteiger partial charge is 0.385 e. The van der Waals surface area contributed by atoms with Crippen LogP contribution in [0.2, 0.25) is 0 Å². The molecule has 3 aromatic rings. The number of aliphatic hydroxyl groups is 1. The van der Waals surface area contributed by atoms with Gasteiger partial charge in [-0.2, -0.15) is 9.49 Å². The summed E-state index contributed by atoms with van der Waals surface area (Å²) in [6.07, 6.45) is 0.853. The van der Waals surface area contributed by atoms with E-state index in [0.717, 1.165) is 27.1 Å². The minimum Gasteiger partial charge on any atom is -0.385 e. The lowest BCUT2D eigenvalue weighted by atomic mass is 10.4. The number of thiophene rings is 1. The lowest BCUT2D eigenvalue weighted by Crippen LogP contribution is -2.05. The zero-order chi connectivity index (χ0) is 11.3. The Morgan fingerprint density at radius 2 is 2.31 bits per heavy atom. The first-order chi connectivity index (χ1) is 7.66. The van der Waals surface area contributed by atoms with Gasteiger partial charge in [0, 0.05) is 6.07 Å². The molecule has 0 aliphatic carbocycles. The maximum atomic E-state index is 13.1. The molecule has 3 rings (SSSR count). The summed E-state index contributed by atoms with van der Waals surface area (Å²) in [7, 11) is 0. The Labute approximate surface area is 94.0 Å². The number of aromatic nitrogens is 3. The number of hydrogen-bond donors (Lipinski definition) is 1. The zero-order valence-electron chi connectivity index (χ0n) is 8.38. The van der Waals surface area contributed by atoms with Crippen LogP contribution >= 0.6 is 11.3 Å². The first-order valence-corrected chi connectivity index (χ1v) is 5.58. The molecule has 3 heterocycles. The van der Waals surface area contributed by atoms with Crippen molar-refractivity contribution in [3.05, 3.63) is 29.3 Å². The fourth-order valence-corrected chi connectivity index (χ4v) is 2.61. The average molecular weight is 237 g/mol. The summed E-state index contributed by atoms with van der Waals surface area (Å²) >= 11 is 1.07. The highest BCUT2D eigenvalue weighted by molar-refractivity contribution is 7.17. The Balaban J connectivity index is 2.50. The topological polar surface area (TPSA) is 50.4 Å². The van der Waals surface area contributed by atoms with Gasteiger partial charge in [0.25, 0.3) is 0 Å². The van der Waals surface area contributed by atoms with E-state index in [1.165, 1.54) is 6.07 Å². The molecular formula is C10H8FN3OS. The Morgan fingerprint density at radius 3 is 3.06 bits per heavy atom. The van der Waals surface area contributed by atoms with Crippen LogP contribution in [0.5, 0.6) is 0 Å². The summed E-state index contributed by atoms with van der Waals surface area (Å²) in [5, 5.41) is 17.0. The van der Waals surface area contributed by atoms with Crippen LogP contribution < -0.4 is 0 Å². The molecule has 1 atom stereocenters. The van der Waals surface area contributed by atoms with E-state index in [2.05, 4.69) is 10.2 Å². The minimum absolute atomic E-state index is 0.243. The second kappa shape index (κ2) is 3.23. The molecule has 0 spiro atoms. The van der Waals surface area contributed by atoms with E-state index in [-0.39, 0.29) is 5.13 Å². The summed E-state index contributed by atoms with van der Waals surface area (Å²) in [4.78, 5) is 0. The molecule has 0 saturated carbocycles. The quantitative estimate of drug-likeness (QED) is 0.705. The molecule has 0 radical (unpaired) electrons. The van der Waals surface area contributed by atoms with Crippen LogP contribution in [0.4, 0.5) is 4.39 Å². The molecule has 1 N–H and O–H groups in total. The second-order valence-electron chi connectivity index (χ2n) is 3.58. The number of hydrogen-bond acceptors (Lipinski definition) is 4. The Kier molecular flexibility index (Phi) is 1.95. The predicted molar refractivity (Wildman–Crippen MR) is 59.0 cm³/mol. The van der Waals surface area contributed by atoms with Crippen LogP contribution in [0.1, 0.15) is 18.9 Å². The first kappa shape index (κ1) is 9.68. The van der Waals surface area contributed by atoms with E-state index in [1.807, 2.05) is 6.07 Å². The van der Waals surface area contributed by atoms with Crippen molar-refractivity contribution in [1.82, 2.24) is 14.6 Å². The van der Waals surface area contributed by atoms with Crippen LogP contribution in [0.3, 0.4) is 0 Å². The van der Waals surface area contributed by atoms with Crippen LogP contribution in [0.15, 0.2) is 18.3 Å². The van der Waals surface area contributed by atoms with Gasteiger partial charge in [-0.1, -0.05) is 0 Å². The molecule has 0 saturated heterocycles. The van der Waals surface area contributed by atoms with E-state index in [4.69, 9.17) is 0 Å². The van der Waals surface area contributed by atoms with Gasteiger partial charge in [-0.3, -0.25) is 4.40 Å². The van der Waals surface area contributed by atoms with Gasteiger partial charge < -0.3 is 5.11 Å². The fraction of sp³-hybridized carbons (Fsp3) is 0.200. The van der Waals surface area contributed by atoms with Gasteiger partial charge in [0.15, 0.2) is 11.0 Å². The number of nitrogens with zero attached hydrogens (tertiary/aromatic N) is 3. The van der Waals surface area contributed by atoms with Crippen LogP contribution in [0, 0.1) is 5.13 Å². The molecule has 4 nitrogen and oxygen atoms in total. The van der Waals surface area contributed by atoms with E-state index >= 15 is 0 Å². The molecule has 0 aliphatic rings. The number of rotatable bonds is 1. The fourth-order valence-electron chi connectivity index (χ4n) is 1.79. The Morgan fingerprint density at radius 1 is 1.50 bits per heavy atom. The maximum absolute atomic E-state index is 13.1. The molecule has 1 unspecified atom stereocenters. The number of fused-ring (bicyclic) bond motifs is 3. The monoisotopic (exact) mass is 237 g/mol. The van der Waals surface area contributed by atoms with E-state index in [1.54, 1.807) is 17.5 Å². The summed E-state index contributed by atoms with van der Waals surface area (Å²) in [5.74, 6) is 0.422. The molecule has 0 aliphatic heterocycles. The van der Waals surface area contributed by atoms with Gasteiger partial charge >= 0.3 is 0 Å².